The van der Waals surface area contributed by atoms with E-state index < -0.39 is 0 Å². The third-order valence-electron chi connectivity index (χ3n) is 9.56. The summed E-state index contributed by atoms with van der Waals surface area (Å²) in [5.41, 5.74) is 5.28. The molecule has 2 rings (SSSR count). The number of unbranched alkanes of at least 4 members (excludes halogenated alkanes) is 3. The summed E-state index contributed by atoms with van der Waals surface area (Å²) < 4.78 is 0.939. The van der Waals surface area contributed by atoms with Gasteiger partial charge in [0.15, 0.2) is 0 Å². The van der Waals surface area contributed by atoms with Crippen molar-refractivity contribution in [1.29, 1.82) is 0 Å². The molecule has 2 aromatic carbocycles. The van der Waals surface area contributed by atoms with E-state index in [0.717, 1.165) is 78.2 Å². The van der Waals surface area contributed by atoms with Crippen LogP contribution in [-0.2, 0) is 21.7 Å². The van der Waals surface area contributed by atoms with Crippen molar-refractivity contribution in [2.75, 3.05) is 27.7 Å². The maximum atomic E-state index is 11.6. The maximum Gasteiger partial charge on any atom is 0.128 e. The van der Waals surface area contributed by atoms with E-state index in [1.807, 2.05) is 12.4 Å². The van der Waals surface area contributed by atoms with Crippen LogP contribution in [0.4, 0.5) is 0 Å². The Kier molecular flexibility index (Phi) is 14.4. The van der Waals surface area contributed by atoms with E-state index in [0.29, 0.717) is 11.5 Å². The second-order valence-electron chi connectivity index (χ2n) is 19.6. The summed E-state index contributed by atoms with van der Waals surface area (Å²) in [5, 5.41) is 23.1. The van der Waals surface area contributed by atoms with Gasteiger partial charge < -0.3 is 14.7 Å². The molecule has 2 aromatic rings. The van der Waals surface area contributed by atoms with Crippen LogP contribution in [0.2, 0.25) is 0 Å². The topological polar surface area (TPSA) is 65.2 Å². The molecule has 276 valence electrons. The van der Waals surface area contributed by atoms with Crippen LogP contribution in [-0.4, -0.2) is 66.9 Å². The van der Waals surface area contributed by atoms with E-state index in [-0.39, 0.29) is 33.7 Å². The van der Waals surface area contributed by atoms with Crippen molar-refractivity contribution in [3.05, 3.63) is 57.6 Å². The van der Waals surface area contributed by atoms with Crippen molar-refractivity contribution in [3.8, 4) is 11.5 Å². The molecule has 0 heterocycles. The molecule has 0 aliphatic heterocycles. The Bertz CT molecular complexity index is 1420. The minimum Gasteiger partial charge on any atom is -0.507 e. The first-order valence-corrected chi connectivity index (χ1v) is 18.9. The zero-order valence-electron chi connectivity index (χ0n) is 34.5. The molecule has 49 heavy (non-hydrogen) atoms. The Morgan fingerprint density at radius 2 is 0.939 bits per heavy atom. The molecular weight excluding hydrogens is 603 g/mol. The van der Waals surface area contributed by atoms with Crippen LogP contribution < -0.4 is 0 Å². The first-order chi connectivity index (χ1) is 22.3. The number of phenols is 2. The number of nitrogens with zero attached hydrogens (tertiary/aromatic N) is 3. The van der Waals surface area contributed by atoms with Crippen molar-refractivity contribution in [1.82, 2.24) is 0 Å². The minimum atomic E-state index is -0.207. The van der Waals surface area contributed by atoms with Gasteiger partial charge in [0.05, 0.1) is 39.8 Å². The summed E-state index contributed by atoms with van der Waals surface area (Å²) in [7, 11) is 6.74. The number of hydrogen-bond acceptors (Lipinski definition) is 4. The predicted molar refractivity (Wildman–Crippen MR) is 215 cm³/mol. The second kappa shape index (κ2) is 16.6. The molecular formula is C44H74N3O2+. The van der Waals surface area contributed by atoms with Crippen molar-refractivity contribution < 1.29 is 14.7 Å². The van der Waals surface area contributed by atoms with Crippen molar-refractivity contribution >= 4 is 12.4 Å². The lowest BCUT2D eigenvalue weighted by molar-refractivity contribution is -0.870. The van der Waals surface area contributed by atoms with Gasteiger partial charge in [-0.2, -0.15) is 0 Å². The van der Waals surface area contributed by atoms with Gasteiger partial charge in [-0.15, -0.1) is 0 Å². The number of rotatable bonds is 14. The van der Waals surface area contributed by atoms with E-state index in [2.05, 4.69) is 135 Å². The summed E-state index contributed by atoms with van der Waals surface area (Å²) >= 11 is 0. The predicted octanol–water partition coefficient (Wildman–Crippen LogP) is 11.0. The van der Waals surface area contributed by atoms with Gasteiger partial charge >= 0.3 is 0 Å². The van der Waals surface area contributed by atoms with Gasteiger partial charge in [-0.3, -0.25) is 9.98 Å². The Labute approximate surface area is 302 Å². The SMILES string of the molecule is CCCCCC(N=Cc1cc(C(C)(C)C)cc(C(C)(C)C)c1O)C(CCCC[N+](C)(C)C)N=Cc1cc(C(C)(C)C)cc(C(C)(C)C)c1O. The molecule has 5 nitrogen and oxygen atoms in total. The zero-order valence-corrected chi connectivity index (χ0v) is 34.5. The highest BCUT2D eigenvalue weighted by atomic mass is 16.3. The molecule has 0 aliphatic rings. The van der Waals surface area contributed by atoms with Gasteiger partial charge in [-0.1, -0.05) is 121 Å². The average Bonchev–Trinajstić information content (AvgIpc) is 2.93. The van der Waals surface area contributed by atoms with E-state index in [4.69, 9.17) is 9.98 Å². The van der Waals surface area contributed by atoms with Crippen LogP contribution in [0.15, 0.2) is 34.3 Å². The number of aromatic hydroxyl groups is 2. The maximum absolute atomic E-state index is 11.6. The van der Waals surface area contributed by atoms with Gasteiger partial charge in [0.2, 0.25) is 0 Å². The van der Waals surface area contributed by atoms with Gasteiger partial charge in [-0.05, 0) is 70.6 Å². The van der Waals surface area contributed by atoms with E-state index in [1.165, 1.54) is 11.1 Å². The van der Waals surface area contributed by atoms with Crippen LogP contribution in [0, 0.1) is 0 Å². The summed E-state index contributed by atoms with van der Waals surface area (Å²) in [6.45, 7) is 29.6. The quantitative estimate of drug-likeness (QED) is 0.119. The fourth-order valence-corrected chi connectivity index (χ4v) is 6.15. The number of aliphatic imine (C=N–C) groups is 2. The molecule has 5 heteroatoms. The fraction of sp³-hybridized carbons (Fsp3) is 0.682. The fourth-order valence-electron chi connectivity index (χ4n) is 6.15. The van der Waals surface area contributed by atoms with Gasteiger partial charge in [0.1, 0.15) is 11.5 Å². The molecule has 2 N–H and O–H groups in total. The number of hydrogen-bond donors (Lipinski definition) is 2. The number of phenolic OH excluding ortho intramolecular Hbond substituents is 2. The normalized spacial score (nSPS) is 15.0. The first kappa shape index (κ1) is 42.5. The lowest BCUT2D eigenvalue weighted by atomic mass is 9.79. The Hall–Kier alpha value is -2.66. The van der Waals surface area contributed by atoms with Gasteiger partial charge in [0, 0.05) is 34.7 Å². The number of benzene rings is 2. The molecule has 0 fully saturated rings. The largest absolute Gasteiger partial charge is 0.507 e. The van der Waals surface area contributed by atoms with Crippen molar-refractivity contribution in [2.24, 2.45) is 9.98 Å². The van der Waals surface area contributed by atoms with Crippen LogP contribution >= 0.6 is 0 Å². The highest BCUT2D eigenvalue weighted by molar-refractivity contribution is 5.86. The average molecular weight is 677 g/mol. The zero-order chi connectivity index (χ0) is 37.6. The molecule has 0 bridgehead atoms. The summed E-state index contributed by atoms with van der Waals surface area (Å²) in [6, 6.07) is 8.46. The van der Waals surface area contributed by atoms with Crippen LogP contribution in [0.3, 0.4) is 0 Å². The lowest BCUT2D eigenvalue weighted by Gasteiger charge is -2.27. The molecule has 0 aromatic heterocycles. The van der Waals surface area contributed by atoms with E-state index >= 15 is 0 Å². The van der Waals surface area contributed by atoms with E-state index in [9.17, 15) is 10.2 Å². The summed E-state index contributed by atoms with van der Waals surface area (Å²) in [5.74, 6) is 0.635. The Morgan fingerprint density at radius 1 is 0.571 bits per heavy atom. The van der Waals surface area contributed by atoms with Crippen LogP contribution in [0.5, 0.6) is 11.5 Å². The van der Waals surface area contributed by atoms with Crippen molar-refractivity contribution in [3.63, 3.8) is 0 Å². The monoisotopic (exact) mass is 677 g/mol. The van der Waals surface area contributed by atoms with Gasteiger partial charge in [0.25, 0.3) is 0 Å². The second-order valence-corrected chi connectivity index (χ2v) is 19.6. The highest BCUT2D eigenvalue weighted by Gasteiger charge is 2.27. The highest BCUT2D eigenvalue weighted by Crippen LogP contribution is 2.39. The molecule has 0 aliphatic carbocycles. The molecule has 0 saturated carbocycles. The molecule has 2 unspecified atom stereocenters. The summed E-state index contributed by atoms with van der Waals surface area (Å²) in [4.78, 5) is 10.6. The smallest absolute Gasteiger partial charge is 0.128 e. The Balaban J connectivity index is 2.73. The third-order valence-corrected chi connectivity index (χ3v) is 9.56. The molecule has 0 saturated heterocycles. The van der Waals surface area contributed by atoms with Crippen LogP contribution in [0.25, 0.3) is 0 Å². The summed E-state index contributed by atoms with van der Waals surface area (Å²) in [6.07, 6.45) is 11.2. The van der Waals surface area contributed by atoms with Gasteiger partial charge in [-0.25, -0.2) is 0 Å². The van der Waals surface area contributed by atoms with Crippen molar-refractivity contribution in [2.45, 2.75) is 169 Å². The molecule has 0 amide bonds. The third kappa shape index (κ3) is 13.2. The molecule has 0 spiro atoms. The standard InChI is InChI=1S/C44H73N3O2/c1-17-18-19-22-37(45-29-31-25-33(41(2,3)4)27-35(39(31)48)43(8,9)10)38(23-20-21-24-47(14,15)16)46-30-32-26-34(42(5,6)7)28-36(40(32)49)44(11,12)13/h25-30,37-38H,17-24H2,1-16H3,(H-,45,46,48,49)/p+1. The minimum absolute atomic E-state index is 0.0438. The van der Waals surface area contributed by atoms with E-state index in [1.54, 1.807) is 0 Å². The lowest BCUT2D eigenvalue weighted by Crippen LogP contribution is -2.35. The molecule has 0 radical (unpaired) electrons. The number of quaternary nitrogens is 1. The van der Waals surface area contributed by atoms with Crippen LogP contribution in [0.1, 0.15) is 168 Å². The Morgan fingerprint density at radius 3 is 1.24 bits per heavy atom. The first-order valence-electron chi connectivity index (χ1n) is 18.9. The molecule has 2 atom stereocenters.